The third-order valence-corrected chi connectivity index (χ3v) is 12.0. The van der Waals surface area contributed by atoms with E-state index in [2.05, 4.69) is 147 Å². The highest BCUT2D eigenvalue weighted by Crippen LogP contribution is 2.50. The molecule has 0 unspecified atom stereocenters. The van der Waals surface area contributed by atoms with Gasteiger partial charge in [-0.25, -0.2) is 0 Å². The maximum Gasteiger partial charge on any atom is 0.0433 e. The van der Waals surface area contributed by atoms with E-state index in [-0.39, 0.29) is 5.41 Å². The van der Waals surface area contributed by atoms with Crippen LogP contribution in [0.3, 0.4) is 0 Å². The van der Waals surface area contributed by atoms with Crippen molar-refractivity contribution >= 4 is 37.2 Å². The number of rotatable bonds is 5. The smallest absolute Gasteiger partial charge is 0.0433 e. The third kappa shape index (κ3) is 4.81. The van der Waals surface area contributed by atoms with Gasteiger partial charge in [0, 0.05) is 42.9 Å². The quantitative estimate of drug-likeness (QED) is 0.201. The van der Waals surface area contributed by atoms with Crippen molar-refractivity contribution in [1.82, 2.24) is 0 Å². The molecular formula is C45H39NS. The highest BCUT2D eigenvalue weighted by atomic mass is 32.1. The molecule has 2 heteroatoms. The Morgan fingerprint density at radius 2 is 1.21 bits per heavy atom. The zero-order chi connectivity index (χ0) is 31.5. The molecule has 47 heavy (non-hydrogen) atoms. The molecule has 230 valence electrons. The molecule has 0 saturated heterocycles. The third-order valence-electron chi connectivity index (χ3n) is 10.8. The van der Waals surface area contributed by atoms with E-state index in [9.17, 15) is 0 Å². The van der Waals surface area contributed by atoms with Crippen LogP contribution in [0, 0.1) is 0 Å². The highest BCUT2D eigenvalue weighted by Gasteiger charge is 2.35. The monoisotopic (exact) mass is 625 g/mol. The minimum absolute atomic E-state index is 0.0293. The molecule has 1 fully saturated rings. The van der Waals surface area contributed by atoms with Gasteiger partial charge in [-0.15, -0.1) is 11.3 Å². The molecule has 7 aromatic rings. The fourth-order valence-electron chi connectivity index (χ4n) is 8.27. The molecule has 2 aliphatic carbocycles. The molecule has 0 bridgehead atoms. The minimum Gasteiger partial charge on any atom is -0.382 e. The molecular weight excluding hydrogens is 587 g/mol. The lowest BCUT2D eigenvalue weighted by Gasteiger charge is -2.26. The first-order chi connectivity index (χ1) is 23.0. The van der Waals surface area contributed by atoms with E-state index < -0.39 is 0 Å². The summed E-state index contributed by atoms with van der Waals surface area (Å²) in [6.45, 7) is 4.75. The Kier molecular flexibility index (Phi) is 6.83. The predicted molar refractivity (Wildman–Crippen MR) is 204 cm³/mol. The van der Waals surface area contributed by atoms with Gasteiger partial charge < -0.3 is 5.32 Å². The standard InChI is InChI=1S/C45H39NS/c1-45(2)40-20-8-6-16-35(40)36-24-22-32(28-41(36)45)39-27-30(23-25-42(39)46-33-14-4-3-5-15-33)29-12-10-13-31(26-29)34-18-11-19-38-37-17-7-9-21-43(37)47-44(34)38/h6-13,16-28,33,46H,3-5,14-15H2,1-2H3. The summed E-state index contributed by atoms with van der Waals surface area (Å²) in [5.41, 5.74) is 14.5. The van der Waals surface area contributed by atoms with Gasteiger partial charge in [-0.05, 0) is 93.2 Å². The summed E-state index contributed by atoms with van der Waals surface area (Å²) in [4.78, 5) is 0. The highest BCUT2D eigenvalue weighted by molar-refractivity contribution is 7.26. The predicted octanol–water partition coefficient (Wildman–Crippen LogP) is 13.1. The largest absolute Gasteiger partial charge is 0.382 e. The number of fused-ring (bicyclic) bond motifs is 6. The summed E-state index contributed by atoms with van der Waals surface area (Å²) in [6.07, 6.45) is 6.49. The number of thiophene rings is 1. The van der Waals surface area contributed by atoms with Crippen molar-refractivity contribution in [3.8, 4) is 44.5 Å². The molecule has 0 aliphatic heterocycles. The van der Waals surface area contributed by atoms with Gasteiger partial charge in [0.05, 0.1) is 0 Å². The Morgan fingerprint density at radius 3 is 2.13 bits per heavy atom. The van der Waals surface area contributed by atoms with E-state index in [0.29, 0.717) is 6.04 Å². The van der Waals surface area contributed by atoms with Crippen LogP contribution in [0.4, 0.5) is 5.69 Å². The number of anilines is 1. The van der Waals surface area contributed by atoms with Crippen molar-refractivity contribution in [2.45, 2.75) is 57.4 Å². The van der Waals surface area contributed by atoms with Crippen LogP contribution < -0.4 is 5.32 Å². The fraction of sp³-hybridized carbons (Fsp3) is 0.200. The molecule has 9 rings (SSSR count). The maximum absolute atomic E-state index is 4.00. The van der Waals surface area contributed by atoms with E-state index in [4.69, 9.17) is 0 Å². The summed E-state index contributed by atoms with van der Waals surface area (Å²) in [5, 5.41) is 6.69. The topological polar surface area (TPSA) is 12.0 Å². The second kappa shape index (κ2) is 11.2. The number of nitrogens with one attached hydrogen (secondary N) is 1. The molecule has 0 spiro atoms. The van der Waals surface area contributed by atoms with Crippen molar-refractivity contribution in [2.75, 3.05) is 5.32 Å². The number of hydrogen-bond acceptors (Lipinski definition) is 2. The lowest BCUT2D eigenvalue weighted by Crippen LogP contribution is -2.22. The SMILES string of the molecule is CC1(C)c2ccccc2-c2ccc(-c3cc(-c4cccc(-c5cccc6c5sc5ccccc56)c4)ccc3NC3CCCCC3)cc21. The van der Waals surface area contributed by atoms with Gasteiger partial charge >= 0.3 is 0 Å². The van der Waals surface area contributed by atoms with Gasteiger partial charge in [-0.2, -0.15) is 0 Å². The lowest BCUT2D eigenvalue weighted by atomic mass is 9.81. The molecule has 1 aromatic heterocycles. The summed E-state index contributed by atoms with van der Waals surface area (Å²) < 4.78 is 2.71. The molecule has 2 aliphatic rings. The van der Waals surface area contributed by atoms with E-state index in [1.54, 1.807) is 0 Å². The van der Waals surface area contributed by atoms with E-state index in [1.807, 2.05) is 11.3 Å². The Bertz CT molecular complexity index is 2300. The van der Waals surface area contributed by atoms with Crippen molar-refractivity contribution < 1.29 is 0 Å². The molecule has 1 heterocycles. The van der Waals surface area contributed by atoms with Crippen LogP contribution in [0.1, 0.15) is 57.1 Å². The average Bonchev–Trinajstić information content (AvgIpc) is 3.61. The van der Waals surface area contributed by atoms with Crippen LogP contribution in [0.15, 0.2) is 127 Å². The first kappa shape index (κ1) is 28.6. The zero-order valence-electron chi connectivity index (χ0n) is 27.1. The second-order valence-corrected chi connectivity index (χ2v) is 15.1. The molecule has 1 saturated carbocycles. The normalized spacial score (nSPS) is 15.5. The second-order valence-electron chi connectivity index (χ2n) is 14.0. The Balaban J connectivity index is 1.16. The van der Waals surface area contributed by atoms with E-state index in [0.717, 1.165) is 0 Å². The first-order valence-electron chi connectivity index (χ1n) is 17.2. The van der Waals surface area contributed by atoms with Gasteiger partial charge in [0.15, 0.2) is 0 Å². The Hall–Kier alpha value is -4.66. The van der Waals surface area contributed by atoms with Gasteiger partial charge in [0.2, 0.25) is 0 Å². The van der Waals surface area contributed by atoms with Crippen LogP contribution >= 0.6 is 11.3 Å². The summed E-state index contributed by atoms with van der Waals surface area (Å²) >= 11 is 1.90. The maximum atomic E-state index is 4.00. The average molecular weight is 626 g/mol. The fourth-order valence-corrected chi connectivity index (χ4v) is 9.51. The van der Waals surface area contributed by atoms with Crippen molar-refractivity contribution in [2.24, 2.45) is 0 Å². The molecule has 0 radical (unpaired) electrons. The Morgan fingerprint density at radius 1 is 0.532 bits per heavy atom. The van der Waals surface area contributed by atoms with Crippen molar-refractivity contribution in [3.63, 3.8) is 0 Å². The Labute approximate surface area is 281 Å². The zero-order valence-corrected chi connectivity index (χ0v) is 28.0. The van der Waals surface area contributed by atoms with Crippen molar-refractivity contribution in [1.29, 1.82) is 0 Å². The molecule has 0 amide bonds. The molecule has 1 nitrogen and oxygen atoms in total. The summed E-state index contributed by atoms with van der Waals surface area (Å²) in [7, 11) is 0. The minimum atomic E-state index is -0.0293. The van der Waals surface area contributed by atoms with Crippen LogP contribution in [0.5, 0.6) is 0 Å². The van der Waals surface area contributed by atoms with Gasteiger partial charge in [0.25, 0.3) is 0 Å². The van der Waals surface area contributed by atoms with Gasteiger partial charge in [-0.3, -0.25) is 0 Å². The van der Waals surface area contributed by atoms with Crippen LogP contribution in [-0.4, -0.2) is 6.04 Å². The van der Waals surface area contributed by atoms with Crippen LogP contribution in [-0.2, 0) is 5.41 Å². The molecule has 6 aromatic carbocycles. The van der Waals surface area contributed by atoms with Gasteiger partial charge in [0.1, 0.15) is 0 Å². The molecule has 1 N–H and O–H groups in total. The van der Waals surface area contributed by atoms with Gasteiger partial charge in [-0.1, -0.05) is 130 Å². The van der Waals surface area contributed by atoms with E-state index >= 15 is 0 Å². The van der Waals surface area contributed by atoms with Crippen molar-refractivity contribution in [3.05, 3.63) is 139 Å². The number of hydrogen-bond donors (Lipinski definition) is 1. The summed E-state index contributed by atoms with van der Waals surface area (Å²) in [5.74, 6) is 0. The molecule has 0 atom stereocenters. The number of benzene rings is 6. The lowest BCUT2D eigenvalue weighted by molar-refractivity contribution is 0.463. The summed E-state index contributed by atoms with van der Waals surface area (Å²) in [6, 6.07) is 48.4. The van der Waals surface area contributed by atoms with Crippen LogP contribution in [0.2, 0.25) is 0 Å². The van der Waals surface area contributed by atoms with Crippen LogP contribution in [0.25, 0.3) is 64.7 Å². The first-order valence-corrected chi connectivity index (χ1v) is 18.0. The van der Waals surface area contributed by atoms with E-state index in [1.165, 1.54) is 114 Å².